The molecule has 8 heteroatoms. The third kappa shape index (κ3) is 3.40. The van der Waals surface area contributed by atoms with E-state index in [1.165, 1.54) is 23.5 Å². The van der Waals surface area contributed by atoms with Crippen molar-refractivity contribution in [3.05, 3.63) is 18.2 Å². The first-order valence-electron chi connectivity index (χ1n) is 8.00. The summed E-state index contributed by atoms with van der Waals surface area (Å²) in [6.45, 7) is 3.45. The number of hydrogen-bond acceptors (Lipinski definition) is 5. The summed E-state index contributed by atoms with van der Waals surface area (Å²) in [5.74, 6) is 0.713. The van der Waals surface area contributed by atoms with Crippen LogP contribution in [0.2, 0.25) is 0 Å². The minimum Gasteiger partial charge on any atom is -0.495 e. The van der Waals surface area contributed by atoms with Gasteiger partial charge in [-0.2, -0.15) is 4.31 Å². The molecule has 2 fully saturated rings. The minimum absolute atomic E-state index is 0.00536. The molecular weight excluding hydrogens is 332 g/mol. The van der Waals surface area contributed by atoms with Crippen LogP contribution < -0.4 is 10.1 Å². The third-order valence-corrected chi connectivity index (χ3v) is 6.38. The van der Waals surface area contributed by atoms with Crippen LogP contribution in [0.15, 0.2) is 23.1 Å². The Bertz CT molecular complexity index is 728. The number of carbonyl (C=O) groups excluding carboxylic acids is 1. The van der Waals surface area contributed by atoms with E-state index in [0.29, 0.717) is 43.7 Å². The van der Waals surface area contributed by atoms with Gasteiger partial charge in [-0.05, 0) is 30.5 Å². The monoisotopic (exact) mass is 354 g/mol. The number of nitrogens with one attached hydrogen (secondary N) is 1. The first-order valence-corrected chi connectivity index (χ1v) is 9.44. The van der Waals surface area contributed by atoms with Crippen molar-refractivity contribution in [3.8, 4) is 5.75 Å². The van der Waals surface area contributed by atoms with E-state index in [4.69, 9.17) is 9.47 Å². The topological polar surface area (TPSA) is 84.9 Å². The molecule has 24 heavy (non-hydrogen) atoms. The summed E-state index contributed by atoms with van der Waals surface area (Å²) >= 11 is 0. The van der Waals surface area contributed by atoms with Crippen LogP contribution in [0.25, 0.3) is 0 Å². The van der Waals surface area contributed by atoms with Crippen molar-refractivity contribution in [1.82, 2.24) is 4.31 Å². The Morgan fingerprint density at radius 3 is 2.58 bits per heavy atom. The molecule has 0 unspecified atom stereocenters. The fourth-order valence-electron chi connectivity index (χ4n) is 2.79. The highest BCUT2D eigenvalue weighted by Crippen LogP contribution is 2.39. The van der Waals surface area contributed by atoms with E-state index >= 15 is 0 Å². The molecule has 1 aliphatic carbocycles. The number of rotatable bonds is 5. The number of nitrogens with zero attached hydrogens (tertiary/aromatic N) is 1. The van der Waals surface area contributed by atoms with Crippen LogP contribution in [0, 0.1) is 11.8 Å². The Hall–Kier alpha value is -1.64. The van der Waals surface area contributed by atoms with E-state index < -0.39 is 10.0 Å². The van der Waals surface area contributed by atoms with Gasteiger partial charge in [-0.1, -0.05) is 6.92 Å². The molecule has 7 nitrogen and oxygen atoms in total. The Balaban J connectivity index is 1.86. The maximum Gasteiger partial charge on any atom is 0.243 e. The summed E-state index contributed by atoms with van der Waals surface area (Å²) in [5, 5.41) is 2.80. The number of benzene rings is 1. The van der Waals surface area contributed by atoms with Crippen LogP contribution in [0.5, 0.6) is 5.75 Å². The van der Waals surface area contributed by atoms with Crippen LogP contribution in [0.3, 0.4) is 0 Å². The summed E-state index contributed by atoms with van der Waals surface area (Å²) in [6.07, 6.45) is 0.861. The molecule has 132 valence electrons. The van der Waals surface area contributed by atoms with Crippen molar-refractivity contribution in [2.24, 2.45) is 11.8 Å². The predicted molar refractivity (Wildman–Crippen MR) is 88.5 cm³/mol. The van der Waals surface area contributed by atoms with Crippen LogP contribution >= 0.6 is 0 Å². The van der Waals surface area contributed by atoms with Gasteiger partial charge < -0.3 is 14.8 Å². The Morgan fingerprint density at radius 1 is 1.33 bits per heavy atom. The van der Waals surface area contributed by atoms with Crippen LogP contribution in [-0.4, -0.2) is 52.0 Å². The molecule has 1 amide bonds. The first kappa shape index (κ1) is 17.2. The average molecular weight is 354 g/mol. The fourth-order valence-corrected chi connectivity index (χ4v) is 4.23. The Morgan fingerprint density at radius 2 is 2.00 bits per heavy atom. The van der Waals surface area contributed by atoms with Gasteiger partial charge in [0.2, 0.25) is 15.9 Å². The lowest BCUT2D eigenvalue weighted by molar-refractivity contribution is -0.117. The molecule has 1 aromatic carbocycles. The summed E-state index contributed by atoms with van der Waals surface area (Å²) in [7, 11) is -2.13. The molecule has 1 saturated heterocycles. The second kappa shape index (κ2) is 6.70. The SMILES string of the molecule is COc1ccc(S(=O)(=O)N2CCOCC2)cc1NC(=O)[C@H]1C[C@H]1C. The molecule has 1 aliphatic heterocycles. The molecule has 2 aliphatic rings. The van der Waals surface area contributed by atoms with Crippen molar-refractivity contribution in [2.45, 2.75) is 18.2 Å². The number of amides is 1. The van der Waals surface area contributed by atoms with E-state index in [2.05, 4.69) is 5.32 Å². The highest BCUT2D eigenvalue weighted by Gasteiger charge is 2.39. The maximum absolute atomic E-state index is 12.7. The first-order chi connectivity index (χ1) is 11.4. The predicted octanol–water partition coefficient (Wildman–Crippen LogP) is 1.31. The molecular formula is C16H22N2O5S. The normalized spacial score (nSPS) is 24.4. The van der Waals surface area contributed by atoms with Gasteiger partial charge >= 0.3 is 0 Å². The van der Waals surface area contributed by atoms with Gasteiger partial charge in [0.05, 0.1) is 30.9 Å². The zero-order valence-corrected chi connectivity index (χ0v) is 14.6. The molecule has 0 bridgehead atoms. The van der Waals surface area contributed by atoms with Crippen molar-refractivity contribution in [2.75, 3.05) is 38.7 Å². The largest absolute Gasteiger partial charge is 0.495 e. The average Bonchev–Trinajstić information content (AvgIpc) is 3.32. The van der Waals surface area contributed by atoms with Gasteiger partial charge in [0.15, 0.2) is 0 Å². The number of anilines is 1. The zero-order chi connectivity index (χ0) is 17.3. The Kier molecular flexibility index (Phi) is 4.80. The number of sulfonamides is 1. The quantitative estimate of drug-likeness (QED) is 0.862. The van der Waals surface area contributed by atoms with Gasteiger partial charge in [0.1, 0.15) is 5.75 Å². The summed E-state index contributed by atoms with van der Waals surface area (Å²) in [4.78, 5) is 12.3. The highest BCUT2D eigenvalue weighted by atomic mass is 32.2. The molecule has 0 spiro atoms. The van der Waals surface area contributed by atoms with Crippen molar-refractivity contribution < 1.29 is 22.7 Å². The lowest BCUT2D eigenvalue weighted by Crippen LogP contribution is -2.40. The highest BCUT2D eigenvalue weighted by molar-refractivity contribution is 7.89. The van der Waals surface area contributed by atoms with Gasteiger partial charge in [0, 0.05) is 19.0 Å². The van der Waals surface area contributed by atoms with E-state index in [-0.39, 0.29) is 16.7 Å². The number of hydrogen-bond donors (Lipinski definition) is 1. The lowest BCUT2D eigenvalue weighted by atomic mass is 10.2. The van der Waals surface area contributed by atoms with E-state index in [1.54, 1.807) is 6.07 Å². The minimum atomic E-state index is -3.61. The van der Waals surface area contributed by atoms with Crippen molar-refractivity contribution in [3.63, 3.8) is 0 Å². The molecule has 2 atom stereocenters. The maximum atomic E-state index is 12.7. The van der Waals surface area contributed by atoms with Crippen molar-refractivity contribution in [1.29, 1.82) is 0 Å². The summed E-state index contributed by atoms with van der Waals surface area (Å²) < 4.78 is 37.3. The lowest BCUT2D eigenvalue weighted by Gasteiger charge is -2.26. The van der Waals surface area contributed by atoms with Gasteiger partial charge in [-0.3, -0.25) is 4.79 Å². The molecule has 3 rings (SSSR count). The molecule has 0 radical (unpaired) electrons. The fraction of sp³-hybridized carbons (Fsp3) is 0.562. The van der Waals surface area contributed by atoms with E-state index in [9.17, 15) is 13.2 Å². The molecule has 0 aromatic heterocycles. The molecule has 1 aromatic rings. The standard InChI is InChI=1S/C16H22N2O5S/c1-11-9-13(11)16(19)17-14-10-12(3-4-15(14)22-2)24(20,21)18-5-7-23-8-6-18/h3-4,10-11,13H,5-9H2,1-2H3,(H,17,19)/t11-,13+/m1/s1. The van der Waals surface area contributed by atoms with Crippen LogP contribution in [0.1, 0.15) is 13.3 Å². The van der Waals surface area contributed by atoms with Gasteiger partial charge in [-0.25, -0.2) is 8.42 Å². The number of ether oxygens (including phenoxy) is 2. The van der Waals surface area contributed by atoms with Crippen LogP contribution in [0.4, 0.5) is 5.69 Å². The molecule has 1 saturated carbocycles. The summed E-state index contributed by atoms with van der Waals surface area (Å²) in [5.41, 5.74) is 0.385. The van der Waals surface area contributed by atoms with Crippen molar-refractivity contribution >= 4 is 21.6 Å². The second-order valence-corrected chi connectivity index (χ2v) is 8.13. The Labute approximate surface area is 142 Å². The number of carbonyl (C=O) groups is 1. The van der Waals surface area contributed by atoms with E-state index in [0.717, 1.165) is 6.42 Å². The second-order valence-electron chi connectivity index (χ2n) is 6.19. The molecule has 1 N–H and O–H groups in total. The van der Waals surface area contributed by atoms with Gasteiger partial charge in [-0.15, -0.1) is 0 Å². The molecule has 1 heterocycles. The van der Waals surface area contributed by atoms with Gasteiger partial charge in [0.25, 0.3) is 0 Å². The number of morpholine rings is 1. The third-order valence-electron chi connectivity index (χ3n) is 4.48. The van der Waals surface area contributed by atoms with Crippen LogP contribution in [-0.2, 0) is 19.6 Å². The zero-order valence-electron chi connectivity index (χ0n) is 13.8. The smallest absolute Gasteiger partial charge is 0.243 e. The summed E-state index contributed by atoms with van der Waals surface area (Å²) in [6, 6.07) is 4.53. The number of methoxy groups -OCH3 is 1. The van der Waals surface area contributed by atoms with E-state index in [1.807, 2.05) is 6.92 Å².